The maximum absolute atomic E-state index is 2.63. The third-order valence-electron chi connectivity index (χ3n) is 14.7. The topological polar surface area (TPSA) is 8.17 Å². The van der Waals surface area contributed by atoms with Crippen LogP contribution >= 0.6 is 0 Å². The molecule has 65 heavy (non-hydrogen) atoms. The van der Waals surface area contributed by atoms with E-state index in [1.54, 1.807) is 0 Å². The molecule has 4 atom stereocenters. The van der Waals surface area contributed by atoms with Gasteiger partial charge in [-0.15, -0.1) is 0 Å². The minimum absolute atomic E-state index is 0.153. The molecule has 0 spiro atoms. The van der Waals surface area contributed by atoms with E-state index >= 15 is 0 Å². The van der Waals surface area contributed by atoms with Crippen LogP contribution in [0.4, 0.5) is 17.1 Å². The second-order valence-corrected chi connectivity index (χ2v) is 17.9. The van der Waals surface area contributed by atoms with Crippen molar-refractivity contribution < 1.29 is 0 Å². The van der Waals surface area contributed by atoms with Crippen molar-refractivity contribution in [1.82, 2.24) is 4.57 Å². The highest BCUT2D eigenvalue weighted by molar-refractivity contribution is 6.20. The second-order valence-electron chi connectivity index (χ2n) is 17.9. The van der Waals surface area contributed by atoms with Gasteiger partial charge in [0.25, 0.3) is 0 Å². The molecule has 2 nitrogen and oxygen atoms in total. The van der Waals surface area contributed by atoms with Gasteiger partial charge in [0.2, 0.25) is 0 Å². The summed E-state index contributed by atoms with van der Waals surface area (Å²) in [6, 6.07) is 76.3. The van der Waals surface area contributed by atoms with Crippen molar-refractivity contribution in [2.24, 2.45) is 11.8 Å². The average Bonchev–Trinajstić information content (AvgIpc) is 3.88. The summed E-state index contributed by atoms with van der Waals surface area (Å²) in [7, 11) is 0. The Labute approximate surface area is 380 Å². The number of anilines is 3. The molecular weight excluding hydrogens is 785 g/mol. The number of benzene rings is 9. The van der Waals surface area contributed by atoms with Gasteiger partial charge in [0.1, 0.15) is 0 Å². The molecule has 4 unspecified atom stereocenters. The molecular formula is C63H46N2. The molecule has 0 saturated heterocycles. The van der Waals surface area contributed by atoms with Crippen LogP contribution in [-0.2, 0) is 5.41 Å². The molecule has 0 bridgehead atoms. The first kappa shape index (κ1) is 37.6. The fourth-order valence-corrected chi connectivity index (χ4v) is 12.0. The van der Waals surface area contributed by atoms with E-state index in [0.29, 0.717) is 5.92 Å². The summed E-state index contributed by atoms with van der Waals surface area (Å²) >= 11 is 0. The van der Waals surface area contributed by atoms with Crippen LogP contribution in [0.3, 0.4) is 0 Å². The first-order valence-electron chi connectivity index (χ1n) is 23.0. The third-order valence-corrected chi connectivity index (χ3v) is 14.7. The molecule has 0 fully saturated rings. The summed E-state index contributed by atoms with van der Waals surface area (Å²) in [6.07, 6.45) is 18.0. The molecule has 0 saturated carbocycles. The lowest BCUT2D eigenvalue weighted by Gasteiger charge is -2.44. The molecule has 0 amide bonds. The van der Waals surface area contributed by atoms with Crippen LogP contribution in [0, 0.1) is 11.8 Å². The van der Waals surface area contributed by atoms with Gasteiger partial charge in [-0.1, -0.05) is 200 Å². The molecule has 1 aromatic heterocycles. The van der Waals surface area contributed by atoms with E-state index in [9.17, 15) is 0 Å². The summed E-state index contributed by atoms with van der Waals surface area (Å²) in [5, 5.41) is 7.68. The van der Waals surface area contributed by atoms with Gasteiger partial charge in [-0.3, -0.25) is 0 Å². The summed E-state index contributed by atoms with van der Waals surface area (Å²) in [6.45, 7) is 0. The van der Waals surface area contributed by atoms with E-state index in [-0.39, 0.29) is 17.3 Å². The Morgan fingerprint density at radius 2 is 1.14 bits per heavy atom. The lowest BCUT2D eigenvalue weighted by Crippen LogP contribution is -2.41. The molecule has 308 valence electrons. The van der Waals surface area contributed by atoms with Gasteiger partial charge in [-0.2, -0.15) is 0 Å². The Morgan fingerprint density at radius 3 is 1.89 bits per heavy atom. The summed E-state index contributed by atoms with van der Waals surface area (Å²) < 4.78 is 2.59. The number of hydrogen-bond acceptors (Lipinski definition) is 1. The first-order valence-corrected chi connectivity index (χ1v) is 23.0. The van der Waals surface area contributed by atoms with Crippen molar-refractivity contribution >= 4 is 66.1 Å². The largest absolute Gasteiger partial charge is 0.310 e. The Balaban J connectivity index is 1.04. The maximum atomic E-state index is 2.63. The number of hydrogen-bond donors (Lipinski definition) is 0. The van der Waals surface area contributed by atoms with Crippen molar-refractivity contribution in [1.29, 1.82) is 0 Å². The van der Waals surface area contributed by atoms with Crippen LogP contribution in [-0.4, -0.2) is 4.57 Å². The van der Waals surface area contributed by atoms with Crippen molar-refractivity contribution in [3.8, 4) is 11.1 Å². The van der Waals surface area contributed by atoms with E-state index in [2.05, 4.69) is 258 Å². The van der Waals surface area contributed by atoms with Gasteiger partial charge in [0.05, 0.1) is 11.0 Å². The zero-order valence-corrected chi connectivity index (χ0v) is 36.0. The zero-order valence-electron chi connectivity index (χ0n) is 36.0. The molecule has 1 heterocycles. The Kier molecular flexibility index (Phi) is 8.74. The van der Waals surface area contributed by atoms with E-state index in [0.717, 1.165) is 23.5 Å². The van der Waals surface area contributed by atoms with E-state index in [1.165, 1.54) is 76.9 Å². The van der Waals surface area contributed by atoms with Crippen LogP contribution in [0.25, 0.3) is 60.2 Å². The highest BCUT2D eigenvalue weighted by Gasteiger charge is 2.56. The van der Waals surface area contributed by atoms with Crippen LogP contribution in [0.15, 0.2) is 249 Å². The minimum atomic E-state index is -0.246. The number of rotatable bonds is 7. The van der Waals surface area contributed by atoms with E-state index in [4.69, 9.17) is 0 Å². The predicted octanol–water partition coefficient (Wildman–Crippen LogP) is 16.5. The van der Waals surface area contributed by atoms with Crippen LogP contribution in [0.2, 0.25) is 0 Å². The standard InChI is InChI=1S/C63H46N2/c1-5-21-47(22-6-1)63(48-23-7-2-8-24-48)58-39-35-52(42-57(58)61-53-30-15-13-18-43(53)34-38-59(61)63)65-60-41-46(33-36-55(60)56-37-32-44-19-14-16-31-54(44)62(56)65)45-20-17-29-51(40-45)64(49-25-9-3-10-26-49)50-27-11-4-12-28-50/h1-23,25-42,48,57-58H,24H2. The van der Waals surface area contributed by atoms with Gasteiger partial charge < -0.3 is 9.47 Å². The van der Waals surface area contributed by atoms with Gasteiger partial charge in [-0.05, 0) is 105 Å². The maximum Gasteiger partial charge on any atom is 0.0619 e. The van der Waals surface area contributed by atoms with E-state index in [1.807, 2.05) is 0 Å². The van der Waals surface area contributed by atoms with E-state index < -0.39 is 0 Å². The smallest absolute Gasteiger partial charge is 0.0619 e. The van der Waals surface area contributed by atoms with Crippen molar-refractivity contribution in [2.45, 2.75) is 17.8 Å². The average molecular weight is 831 g/mol. The van der Waals surface area contributed by atoms with Crippen LogP contribution < -0.4 is 4.90 Å². The van der Waals surface area contributed by atoms with Gasteiger partial charge in [-0.25, -0.2) is 0 Å². The predicted molar refractivity (Wildman–Crippen MR) is 274 cm³/mol. The minimum Gasteiger partial charge on any atom is -0.310 e. The Morgan fingerprint density at radius 1 is 0.492 bits per heavy atom. The SMILES string of the molecule is C1=CCC(C2(c3ccccc3)c3ccc4ccccc4c3C3C=C(n4c5cc(-c6cccc(N(c7ccccc7)c7ccccc7)c6)ccc5c5ccc6ccccc6c54)C=CC32)C=C1. The highest BCUT2D eigenvalue weighted by atomic mass is 15.1. The number of nitrogens with zero attached hydrogens (tertiary/aromatic N) is 2. The van der Waals surface area contributed by atoms with Crippen molar-refractivity contribution in [2.75, 3.05) is 4.90 Å². The zero-order chi connectivity index (χ0) is 42.9. The second kappa shape index (κ2) is 15.1. The normalized spacial score (nSPS) is 19.8. The molecule has 0 radical (unpaired) electrons. The number of para-hydroxylation sites is 2. The summed E-state index contributed by atoms with van der Waals surface area (Å²) in [5.41, 5.74) is 13.5. The number of fused-ring (bicyclic) bond motifs is 10. The quantitative estimate of drug-likeness (QED) is 0.155. The number of aromatic nitrogens is 1. The molecule has 3 aliphatic carbocycles. The van der Waals surface area contributed by atoms with Crippen LogP contribution in [0.1, 0.15) is 29.0 Å². The fraction of sp³-hybridized carbons (Fsp3) is 0.0794. The molecule has 3 aliphatic rings. The molecule has 0 aliphatic heterocycles. The Bertz CT molecular complexity index is 3550. The van der Waals surface area contributed by atoms with Crippen molar-refractivity contribution in [3.05, 3.63) is 265 Å². The first-order chi connectivity index (χ1) is 32.3. The Hall–Kier alpha value is -7.94. The lowest BCUT2D eigenvalue weighted by atomic mass is 9.58. The number of allylic oxidation sites excluding steroid dienone is 8. The molecule has 9 aromatic carbocycles. The van der Waals surface area contributed by atoms with Gasteiger partial charge in [0, 0.05) is 56.2 Å². The van der Waals surface area contributed by atoms with Crippen molar-refractivity contribution in [3.63, 3.8) is 0 Å². The summed E-state index contributed by atoms with van der Waals surface area (Å²) in [4.78, 5) is 2.34. The third kappa shape index (κ3) is 5.80. The van der Waals surface area contributed by atoms with Gasteiger partial charge >= 0.3 is 0 Å². The molecule has 0 N–H and O–H groups in total. The fourth-order valence-electron chi connectivity index (χ4n) is 12.0. The van der Waals surface area contributed by atoms with Gasteiger partial charge in [0.15, 0.2) is 0 Å². The molecule has 13 rings (SSSR count). The highest BCUT2D eigenvalue weighted by Crippen LogP contribution is 2.63. The summed E-state index contributed by atoms with van der Waals surface area (Å²) in [5.74, 6) is 0.676. The monoisotopic (exact) mass is 830 g/mol. The molecule has 10 aromatic rings. The van der Waals surface area contributed by atoms with Crippen LogP contribution in [0.5, 0.6) is 0 Å². The lowest BCUT2D eigenvalue weighted by molar-refractivity contribution is 0.301. The molecule has 2 heteroatoms.